The number of carbonyl (C=O) groups is 1. The van der Waals surface area contributed by atoms with Crippen LogP contribution in [-0.4, -0.2) is 20.8 Å². The highest BCUT2D eigenvalue weighted by Crippen LogP contribution is 2.37. The van der Waals surface area contributed by atoms with Crippen molar-refractivity contribution in [3.63, 3.8) is 0 Å². The monoisotopic (exact) mass is 272 g/mol. The number of hydrogen-bond donors (Lipinski definition) is 0. The molecule has 1 unspecified atom stereocenters. The summed E-state index contributed by atoms with van der Waals surface area (Å²) in [6.45, 7) is 1.95. The van der Waals surface area contributed by atoms with Crippen molar-refractivity contribution in [1.29, 1.82) is 0 Å². The smallest absolute Gasteiger partial charge is 0.152 e. The normalized spacial score (nSPS) is 17.5. The van der Waals surface area contributed by atoms with Gasteiger partial charge in [0.15, 0.2) is 5.78 Å². The van der Waals surface area contributed by atoms with E-state index in [1.807, 2.05) is 32.2 Å². The number of Topliss-reactive ketones (excluding diaryl/α,β-unsaturated/α-hetero) is 1. The molecule has 1 aliphatic heterocycles. The summed E-state index contributed by atoms with van der Waals surface area (Å²) in [5, 5.41) is 4.35. The summed E-state index contributed by atoms with van der Waals surface area (Å²) < 4.78 is 1.81. The quantitative estimate of drug-likeness (QED) is 0.861. The molecule has 1 aromatic carbocycles. The molecule has 3 nitrogen and oxygen atoms in total. The minimum absolute atomic E-state index is 0.0626. The number of hydrogen-bond acceptors (Lipinski definition) is 3. The molecule has 0 bridgehead atoms. The first kappa shape index (κ1) is 12.5. The van der Waals surface area contributed by atoms with Crippen LogP contribution in [0.2, 0.25) is 0 Å². The lowest BCUT2D eigenvalue weighted by Crippen LogP contribution is -2.20. The Kier molecular flexibility index (Phi) is 3.19. The van der Waals surface area contributed by atoms with E-state index in [-0.39, 0.29) is 5.25 Å². The number of aromatic nitrogens is 2. The lowest BCUT2D eigenvalue weighted by atomic mass is 10.0. The Balaban J connectivity index is 1.72. The first-order valence-corrected chi connectivity index (χ1v) is 7.28. The Bertz CT molecular complexity index is 608. The van der Waals surface area contributed by atoms with Crippen LogP contribution in [0, 0.1) is 6.92 Å². The van der Waals surface area contributed by atoms with Crippen LogP contribution < -0.4 is 0 Å². The van der Waals surface area contributed by atoms with E-state index in [4.69, 9.17) is 0 Å². The highest BCUT2D eigenvalue weighted by Gasteiger charge is 2.28. The van der Waals surface area contributed by atoms with E-state index >= 15 is 0 Å². The summed E-state index contributed by atoms with van der Waals surface area (Å²) in [5.74, 6) is 0.296. The standard InChI is InChI=1S/C15H16N2OS/c1-10-7-12(17(2)16-10)9-13(18)15-8-11-5-3-4-6-14(11)19-15/h3-7,15H,8-9H2,1-2H3. The van der Waals surface area contributed by atoms with Gasteiger partial charge in [-0.15, -0.1) is 11.8 Å². The summed E-state index contributed by atoms with van der Waals surface area (Å²) in [6.07, 6.45) is 1.33. The molecule has 3 rings (SSSR count). The molecule has 0 aliphatic carbocycles. The second kappa shape index (κ2) is 4.85. The molecule has 4 heteroatoms. The molecule has 0 amide bonds. The molecule has 0 saturated carbocycles. The number of thioether (sulfide) groups is 1. The number of rotatable bonds is 3. The van der Waals surface area contributed by atoms with Crippen LogP contribution in [0.4, 0.5) is 0 Å². The minimum atomic E-state index is 0.0626. The van der Waals surface area contributed by atoms with Gasteiger partial charge in [0.1, 0.15) is 0 Å². The minimum Gasteiger partial charge on any atom is -0.298 e. The molecule has 0 radical (unpaired) electrons. The second-order valence-electron chi connectivity index (χ2n) is 4.96. The highest BCUT2D eigenvalue weighted by atomic mass is 32.2. The second-order valence-corrected chi connectivity index (χ2v) is 6.21. The van der Waals surface area contributed by atoms with E-state index in [2.05, 4.69) is 17.2 Å². The van der Waals surface area contributed by atoms with Gasteiger partial charge in [-0.1, -0.05) is 18.2 Å². The molecule has 1 atom stereocenters. The maximum Gasteiger partial charge on any atom is 0.152 e. The van der Waals surface area contributed by atoms with Crippen molar-refractivity contribution in [2.45, 2.75) is 29.9 Å². The van der Waals surface area contributed by atoms with E-state index in [0.29, 0.717) is 12.2 Å². The number of benzene rings is 1. The average molecular weight is 272 g/mol. The zero-order chi connectivity index (χ0) is 13.4. The van der Waals surface area contributed by atoms with E-state index in [0.717, 1.165) is 17.8 Å². The van der Waals surface area contributed by atoms with Gasteiger partial charge < -0.3 is 0 Å². The molecule has 1 aliphatic rings. The third-order valence-corrected chi connectivity index (χ3v) is 4.83. The van der Waals surface area contributed by atoms with Crippen LogP contribution in [0.5, 0.6) is 0 Å². The third-order valence-electron chi connectivity index (χ3n) is 3.46. The molecular weight excluding hydrogens is 256 g/mol. The predicted octanol–water partition coefficient (Wildman–Crippen LogP) is 2.56. The maximum absolute atomic E-state index is 12.4. The summed E-state index contributed by atoms with van der Waals surface area (Å²) in [4.78, 5) is 13.6. The molecule has 98 valence electrons. The first-order chi connectivity index (χ1) is 9.13. The van der Waals surface area contributed by atoms with Crippen molar-refractivity contribution in [3.05, 3.63) is 47.3 Å². The lowest BCUT2D eigenvalue weighted by molar-refractivity contribution is -0.117. The largest absolute Gasteiger partial charge is 0.298 e. The molecule has 19 heavy (non-hydrogen) atoms. The van der Waals surface area contributed by atoms with Crippen molar-refractivity contribution in [3.8, 4) is 0 Å². The summed E-state index contributed by atoms with van der Waals surface area (Å²) >= 11 is 1.70. The Labute approximate surface area is 117 Å². The van der Waals surface area contributed by atoms with E-state index in [9.17, 15) is 4.79 Å². The number of fused-ring (bicyclic) bond motifs is 1. The molecule has 0 saturated heterocycles. The van der Waals surface area contributed by atoms with Crippen LogP contribution in [-0.2, 0) is 24.7 Å². The van der Waals surface area contributed by atoms with E-state index in [1.54, 1.807) is 16.4 Å². The van der Waals surface area contributed by atoms with E-state index in [1.165, 1.54) is 10.5 Å². The number of aryl methyl sites for hydroxylation is 2. The zero-order valence-electron chi connectivity index (χ0n) is 11.1. The molecule has 0 spiro atoms. The Morgan fingerprint density at radius 2 is 2.26 bits per heavy atom. The molecule has 0 N–H and O–H groups in total. The van der Waals surface area contributed by atoms with Gasteiger partial charge in [0.05, 0.1) is 10.9 Å². The van der Waals surface area contributed by atoms with Gasteiger partial charge in [0.25, 0.3) is 0 Å². The predicted molar refractivity (Wildman–Crippen MR) is 76.4 cm³/mol. The van der Waals surface area contributed by atoms with E-state index < -0.39 is 0 Å². The van der Waals surface area contributed by atoms with Gasteiger partial charge in [-0.05, 0) is 31.0 Å². The molecule has 0 fully saturated rings. The van der Waals surface area contributed by atoms with Crippen LogP contribution >= 0.6 is 11.8 Å². The average Bonchev–Trinajstić information content (AvgIpc) is 2.93. The molecular formula is C15H16N2OS. The summed E-state index contributed by atoms with van der Waals surface area (Å²) in [6, 6.07) is 10.3. The fourth-order valence-corrected chi connectivity index (χ4v) is 3.73. The van der Waals surface area contributed by atoms with Crippen molar-refractivity contribution in [1.82, 2.24) is 9.78 Å². The van der Waals surface area contributed by atoms with Crippen LogP contribution in [0.15, 0.2) is 35.2 Å². The van der Waals surface area contributed by atoms with Crippen molar-refractivity contribution in [2.75, 3.05) is 0 Å². The van der Waals surface area contributed by atoms with Crippen molar-refractivity contribution in [2.24, 2.45) is 7.05 Å². The van der Waals surface area contributed by atoms with Crippen LogP contribution in [0.25, 0.3) is 0 Å². The Hall–Kier alpha value is -1.55. The Morgan fingerprint density at radius 1 is 1.47 bits per heavy atom. The van der Waals surface area contributed by atoms with Gasteiger partial charge >= 0.3 is 0 Å². The number of ketones is 1. The number of nitrogens with zero attached hydrogens (tertiary/aromatic N) is 2. The summed E-state index contributed by atoms with van der Waals surface area (Å²) in [7, 11) is 1.89. The van der Waals surface area contributed by atoms with Gasteiger partial charge in [0.2, 0.25) is 0 Å². The van der Waals surface area contributed by atoms with Gasteiger partial charge in [-0.2, -0.15) is 5.10 Å². The Morgan fingerprint density at radius 3 is 2.95 bits per heavy atom. The fraction of sp³-hybridized carbons (Fsp3) is 0.333. The first-order valence-electron chi connectivity index (χ1n) is 6.40. The molecule has 1 aromatic heterocycles. The molecule has 2 aromatic rings. The zero-order valence-corrected chi connectivity index (χ0v) is 11.9. The van der Waals surface area contributed by atoms with Gasteiger partial charge in [-0.3, -0.25) is 9.48 Å². The highest BCUT2D eigenvalue weighted by molar-refractivity contribution is 8.01. The number of carbonyl (C=O) groups excluding carboxylic acids is 1. The maximum atomic E-state index is 12.4. The van der Waals surface area contributed by atoms with Crippen molar-refractivity contribution >= 4 is 17.5 Å². The summed E-state index contributed by atoms with van der Waals surface area (Å²) in [5.41, 5.74) is 3.26. The SMILES string of the molecule is Cc1cc(CC(=O)C2Cc3ccccc3S2)n(C)n1. The van der Waals surface area contributed by atoms with Crippen LogP contribution in [0.3, 0.4) is 0 Å². The lowest BCUT2D eigenvalue weighted by Gasteiger charge is -2.07. The fourth-order valence-electron chi connectivity index (χ4n) is 2.48. The van der Waals surface area contributed by atoms with Gasteiger partial charge in [-0.25, -0.2) is 0 Å². The van der Waals surface area contributed by atoms with Crippen molar-refractivity contribution < 1.29 is 4.79 Å². The van der Waals surface area contributed by atoms with Gasteiger partial charge in [0, 0.05) is 24.1 Å². The third kappa shape index (κ3) is 2.45. The van der Waals surface area contributed by atoms with Crippen LogP contribution in [0.1, 0.15) is 17.0 Å². The topological polar surface area (TPSA) is 34.9 Å². The molecule has 2 heterocycles.